The van der Waals surface area contributed by atoms with E-state index in [0.29, 0.717) is 11.4 Å². The number of anilines is 1. The van der Waals surface area contributed by atoms with E-state index in [9.17, 15) is 0 Å². The van der Waals surface area contributed by atoms with E-state index in [4.69, 9.17) is 17.0 Å². The third kappa shape index (κ3) is 4.30. The molecule has 2 aromatic carbocycles. The first-order chi connectivity index (χ1) is 13.7. The maximum Gasteiger partial charge on any atom is 0.225 e. The molecule has 1 aliphatic heterocycles. The summed E-state index contributed by atoms with van der Waals surface area (Å²) in [5, 5.41) is 8.44. The summed E-state index contributed by atoms with van der Waals surface area (Å²) in [6.07, 6.45) is 0. The predicted octanol–water partition coefficient (Wildman–Crippen LogP) is 1.31. The quantitative estimate of drug-likeness (QED) is 0.636. The summed E-state index contributed by atoms with van der Waals surface area (Å²) in [5.74, 6) is 0. The molecule has 2 heterocycles. The average Bonchev–Trinajstić information content (AvgIpc) is 3.10. The largest absolute Gasteiger partial charge is 0.378 e. The highest BCUT2D eigenvalue weighted by Crippen LogP contribution is 2.16. The van der Waals surface area contributed by atoms with Crippen molar-refractivity contribution in [3.05, 3.63) is 64.9 Å². The van der Waals surface area contributed by atoms with Gasteiger partial charge in [0.2, 0.25) is 4.77 Å². The monoisotopic (exact) mass is 397 g/mol. The van der Waals surface area contributed by atoms with Crippen LogP contribution >= 0.6 is 12.2 Å². The number of rotatable bonds is 6. The van der Waals surface area contributed by atoms with Crippen molar-refractivity contribution in [2.45, 2.75) is 13.2 Å². The zero-order valence-electron chi connectivity index (χ0n) is 16.0. The van der Waals surface area contributed by atoms with E-state index in [0.717, 1.165) is 38.5 Å². The summed E-state index contributed by atoms with van der Waals surface area (Å²) in [6.45, 7) is 5.08. The molecule has 0 spiro atoms. The van der Waals surface area contributed by atoms with Crippen molar-refractivity contribution in [2.24, 2.45) is 0 Å². The summed E-state index contributed by atoms with van der Waals surface area (Å²) in [4.78, 5) is 3.65. The van der Waals surface area contributed by atoms with Crippen LogP contribution in [0.1, 0.15) is 5.56 Å². The summed E-state index contributed by atoms with van der Waals surface area (Å²) in [5.41, 5.74) is 3.48. The number of nitrogens with zero attached hydrogens (tertiary/aromatic N) is 5. The number of hydrogen-bond acceptors (Lipinski definition) is 5. The molecule has 3 aromatic rings. The van der Waals surface area contributed by atoms with Crippen LogP contribution in [-0.2, 0) is 18.0 Å². The second kappa shape index (κ2) is 8.64. The molecule has 1 aromatic heterocycles. The number of nitrogens with one attached hydrogen (secondary N) is 1. The normalized spacial score (nSPS) is 15.5. The molecule has 7 nitrogen and oxygen atoms in total. The lowest BCUT2D eigenvalue weighted by atomic mass is 10.2. The summed E-state index contributed by atoms with van der Waals surface area (Å²) < 4.78 is 9.50. The molecule has 146 valence electrons. The van der Waals surface area contributed by atoms with Crippen molar-refractivity contribution in [2.75, 3.05) is 38.3 Å². The maximum absolute atomic E-state index is 5.55. The van der Waals surface area contributed by atoms with Gasteiger partial charge >= 0.3 is 0 Å². The fourth-order valence-corrected chi connectivity index (χ4v) is 3.65. The van der Waals surface area contributed by atoms with Crippen LogP contribution < -0.4 is 9.80 Å². The van der Waals surface area contributed by atoms with E-state index in [1.54, 1.807) is 9.36 Å². The van der Waals surface area contributed by atoms with Gasteiger partial charge in [-0.3, -0.25) is 0 Å². The van der Waals surface area contributed by atoms with Crippen LogP contribution in [-0.4, -0.2) is 53.1 Å². The van der Waals surface area contributed by atoms with Gasteiger partial charge in [-0.1, -0.05) is 30.3 Å². The summed E-state index contributed by atoms with van der Waals surface area (Å²) in [6, 6.07) is 18.7. The average molecular weight is 398 g/mol. The van der Waals surface area contributed by atoms with Crippen molar-refractivity contribution in [1.29, 1.82) is 0 Å². The Kier molecular flexibility index (Phi) is 5.80. The topological polar surface area (TPSA) is 52.6 Å². The molecule has 8 heteroatoms. The Morgan fingerprint density at radius 3 is 2.39 bits per heavy atom. The Labute approximate surface area is 169 Å². The fourth-order valence-electron chi connectivity index (χ4n) is 3.41. The highest BCUT2D eigenvalue weighted by Gasteiger charge is 2.13. The molecule has 0 saturated carbocycles. The van der Waals surface area contributed by atoms with Crippen molar-refractivity contribution >= 4 is 17.9 Å². The zero-order valence-corrected chi connectivity index (χ0v) is 16.8. The number of aromatic nitrogens is 4. The lowest BCUT2D eigenvalue weighted by Gasteiger charge is -2.29. The number of hydrogen-bond donors (Lipinski definition) is 1. The molecule has 1 saturated heterocycles. The Morgan fingerprint density at radius 2 is 1.68 bits per heavy atom. The van der Waals surface area contributed by atoms with Crippen LogP contribution in [0, 0.1) is 4.77 Å². The fraction of sp³-hybridized carbons (Fsp3) is 0.350. The Balaban J connectivity index is 1.39. The molecular formula is C20H25N6OS+. The van der Waals surface area contributed by atoms with Crippen LogP contribution in [0.5, 0.6) is 0 Å². The van der Waals surface area contributed by atoms with Crippen molar-refractivity contribution in [3.63, 3.8) is 0 Å². The molecule has 0 radical (unpaired) electrons. The second-order valence-electron chi connectivity index (χ2n) is 7.07. The lowest BCUT2D eigenvalue weighted by molar-refractivity contribution is -0.917. The van der Waals surface area contributed by atoms with E-state index in [1.807, 2.05) is 30.3 Å². The Bertz CT molecular complexity index is 947. The van der Waals surface area contributed by atoms with E-state index >= 15 is 0 Å². The molecule has 0 bridgehead atoms. The lowest BCUT2D eigenvalue weighted by Crippen LogP contribution is -3.07. The number of tetrazole rings is 1. The third-order valence-corrected chi connectivity index (χ3v) is 5.26. The van der Waals surface area contributed by atoms with Gasteiger partial charge in [-0.25, -0.2) is 0 Å². The van der Waals surface area contributed by atoms with Crippen LogP contribution in [0.15, 0.2) is 54.6 Å². The van der Waals surface area contributed by atoms with Gasteiger partial charge in [-0.05, 0) is 46.9 Å². The molecule has 0 aliphatic carbocycles. The molecule has 0 amide bonds. The van der Waals surface area contributed by atoms with E-state index in [-0.39, 0.29) is 0 Å². The molecule has 1 atom stereocenters. The first-order valence-corrected chi connectivity index (χ1v) is 9.93. The van der Waals surface area contributed by atoms with Gasteiger partial charge in [0.05, 0.1) is 25.9 Å². The van der Waals surface area contributed by atoms with Crippen LogP contribution in [0.4, 0.5) is 5.69 Å². The Morgan fingerprint density at radius 1 is 0.964 bits per heavy atom. The molecule has 1 N–H and O–H groups in total. The zero-order chi connectivity index (χ0) is 19.3. The standard InChI is InChI=1S/C20H24N6OS/c1-23(15-17-7-9-18(10-8-17)24-11-13-27-14-12-24)16-25-20(28)26(22-21-25)19-5-3-2-4-6-19/h2-10H,11-16H2,1H3/p+1. The third-order valence-electron chi connectivity index (χ3n) is 4.88. The van der Waals surface area contributed by atoms with E-state index < -0.39 is 0 Å². The van der Waals surface area contributed by atoms with Gasteiger partial charge in [-0.15, -0.1) is 0 Å². The molecular weight excluding hydrogens is 372 g/mol. The first-order valence-electron chi connectivity index (χ1n) is 9.52. The minimum atomic E-state index is 0.605. The van der Waals surface area contributed by atoms with Gasteiger partial charge in [0.25, 0.3) is 0 Å². The highest BCUT2D eigenvalue weighted by molar-refractivity contribution is 7.71. The molecule has 1 fully saturated rings. The van der Waals surface area contributed by atoms with Gasteiger partial charge in [0.1, 0.15) is 6.54 Å². The van der Waals surface area contributed by atoms with Crippen molar-refractivity contribution in [3.8, 4) is 5.69 Å². The second-order valence-corrected chi connectivity index (χ2v) is 7.43. The minimum absolute atomic E-state index is 0.605. The smallest absolute Gasteiger partial charge is 0.225 e. The SMILES string of the molecule is C[NH+](Cc1ccc(N2CCOCC2)cc1)Cn1nnn(-c2ccccc2)c1=S. The first kappa shape index (κ1) is 18.8. The molecule has 28 heavy (non-hydrogen) atoms. The van der Waals surface area contributed by atoms with Crippen molar-refractivity contribution < 1.29 is 9.64 Å². The number of benzene rings is 2. The van der Waals surface area contributed by atoms with Gasteiger partial charge in [-0.2, -0.15) is 9.36 Å². The predicted molar refractivity (Wildman–Crippen MR) is 110 cm³/mol. The van der Waals surface area contributed by atoms with Gasteiger partial charge in [0.15, 0.2) is 6.67 Å². The molecule has 1 unspecified atom stereocenters. The van der Waals surface area contributed by atoms with Gasteiger partial charge < -0.3 is 14.5 Å². The maximum atomic E-state index is 5.55. The number of ether oxygens (including phenoxy) is 1. The van der Waals surface area contributed by atoms with Crippen molar-refractivity contribution in [1.82, 2.24) is 19.8 Å². The molecule has 1 aliphatic rings. The van der Waals surface area contributed by atoms with Crippen LogP contribution in [0.25, 0.3) is 5.69 Å². The highest BCUT2D eigenvalue weighted by atomic mass is 32.1. The number of para-hydroxylation sites is 1. The van der Waals surface area contributed by atoms with E-state index in [1.165, 1.54) is 16.2 Å². The van der Waals surface area contributed by atoms with Crippen LogP contribution in [0.2, 0.25) is 0 Å². The van der Waals surface area contributed by atoms with E-state index in [2.05, 4.69) is 46.6 Å². The summed E-state index contributed by atoms with van der Waals surface area (Å²) in [7, 11) is 2.14. The van der Waals surface area contributed by atoms with Gasteiger partial charge in [0, 0.05) is 24.3 Å². The molecule has 4 rings (SSSR count). The summed E-state index contributed by atoms with van der Waals surface area (Å²) >= 11 is 5.55. The number of quaternary nitrogens is 1. The minimum Gasteiger partial charge on any atom is -0.378 e. The van der Waals surface area contributed by atoms with Crippen LogP contribution in [0.3, 0.4) is 0 Å². The number of morpholine rings is 1. The Hall–Kier alpha value is -2.55.